The van der Waals surface area contributed by atoms with Crippen molar-refractivity contribution in [3.63, 3.8) is 0 Å². The van der Waals surface area contributed by atoms with Crippen LogP contribution in [0.15, 0.2) is 0 Å². The van der Waals surface area contributed by atoms with E-state index in [-0.39, 0.29) is 12.2 Å². The Balaban J connectivity index is 4.52. The van der Waals surface area contributed by atoms with Gasteiger partial charge in [-0.25, -0.2) is 0 Å². The van der Waals surface area contributed by atoms with E-state index in [1.54, 1.807) is 0 Å². The molecule has 6 heteroatoms. The molecule has 0 radical (unpaired) electrons. The summed E-state index contributed by atoms with van der Waals surface area (Å²) in [5, 5.41) is 8.55. The van der Waals surface area contributed by atoms with Crippen molar-refractivity contribution >= 4 is 7.94 Å². The molecule has 0 saturated heterocycles. The van der Waals surface area contributed by atoms with Crippen molar-refractivity contribution in [1.29, 1.82) is 5.26 Å². The summed E-state index contributed by atoms with van der Waals surface area (Å²) < 4.78 is 16.1. The van der Waals surface area contributed by atoms with E-state index in [0.29, 0.717) is 12.6 Å². The maximum atomic E-state index is 8.55. The highest BCUT2D eigenvalue weighted by atomic mass is 31.2. The molecule has 5 nitrogen and oxygen atoms in total. The molecule has 0 aliphatic heterocycles. The predicted molar refractivity (Wildman–Crippen MR) is 59.7 cm³/mol. The van der Waals surface area contributed by atoms with E-state index in [1.165, 1.54) is 0 Å². The number of rotatable bonds is 7. The first kappa shape index (κ1) is 14.8. The molecule has 2 N–H and O–H groups in total. The van der Waals surface area contributed by atoms with Crippen molar-refractivity contribution in [2.24, 2.45) is 5.90 Å². The van der Waals surface area contributed by atoms with Gasteiger partial charge < -0.3 is 0 Å². The average Bonchev–Trinajstić information content (AvgIpc) is 2.12. The fourth-order valence-corrected chi connectivity index (χ4v) is 3.19. The van der Waals surface area contributed by atoms with E-state index in [0.717, 1.165) is 0 Å². The second-order valence-corrected chi connectivity index (χ2v) is 5.96. The first-order valence-corrected chi connectivity index (χ1v) is 6.69. The third-order valence-corrected chi connectivity index (χ3v) is 3.98. The van der Waals surface area contributed by atoms with Crippen LogP contribution in [0.5, 0.6) is 0 Å². The zero-order valence-corrected chi connectivity index (χ0v) is 10.7. The Morgan fingerprint density at radius 1 is 1.20 bits per heavy atom. The first-order valence-electron chi connectivity index (χ1n) is 4.96. The number of hydrogen-bond acceptors (Lipinski definition) is 5. The third-order valence-electron chi connectivity index (χ3n) is 1.40. The van der Waals surface area contributed by atoms with Crippen LogP contribution < -0.4 is 5.90 Å². The van der Waals surface area contributed by atoms with Gasteiger partial charge in [-0.1, -0.05) is 4.62 Å². The lowest BCUT2D eigenvalue weighted by molar-refractivity contribution is 0.0912. The van der Waals surface area contributed by atoms with Gasteiger partial charge in [0, 0.05) is 0 Å². The number of hydrogen-bond donors (Lipinski definition) is 1. The maximum absolute atomic E-state index is 8.55. The highest BCUT2D eigenvalue weighted by Crippen LogP contribution is 2.62. The quantitative estimate of drug-likeness (QED) is 0.541. The molecule has 0 aliphatic carbocycles. The molecule has 0 atom stereocenters. The Morgan fingerprint density at radius 2 is 1.67 bits per heavy atom. The van der Waals surface area contributed by atoms with Crippen molar-refractivity contribution in [3.8, 4) is 6.07 Å². The van der Waals surface area contributed by atoms with Crippen molar-refractivity contribution in [2.45, 2.75) is 46.3 Å². The van der Waals surface area contributed by atoms with E-state index >= 15 is 0 Å². The largest absolute Gasteiger partial charge is 0.435 e. The van der Waals surface area contributed by atoms with Gasteiger partial charge in [0.25, 0.3) is 0 Å². The monoisotopic (exact) mass is 235 g/mol. The molecule has 0 bridgehead atoms. The third kappa shape index (κ3) is 6.03. The van der Waals surface area contributed by atoms with E-state index in [4.69, 9.17) is 24.8 Å². The van der Waals surface area contributed by atoms with Crippen LogP contribution in [0.2, 0.25) is 0 Å². The highest BCUT2D eigenvalue weighted by molar-refractivity contribution is 7.61. The second kappa shape index (κ2) is 7.10. The van der Waals surface area contributed by atoms with Crippen LogP contribution in [0, 0.1) is 11.3 Å². The maximum Gasteiger partial charge on any atom is 0.435 e. The minimum Gasteiger partial charge on any atom is -0.198 e. The van der Waals surface area contributed by atoms with Gasteiger partial charge >= 0.3 is 7.94 Å². The number of nitrogens with two attached hydrogens (primary N) is 1. The Hall–Kier alpha value is -0.240. The molecular formula is C9H20N2O3P+. The molecule has 0 saturated carbocycles. The van der Waals surface area contributed by atoms with Crippen LogP contribution >= 0.6 is 7.94 Å². The fraction of sp³-hybridized carbons (Fsp3) is 0.889. The number of nitrogens with zero attached hydrogens (tertiary/aromatic N) is 1. The van der Waals surface area contributed by atoms with Crippen LogP contribution in [-0.4, -0.2) is 18.4 Å². The summed E-state index contributed by atoms with van der Waals surface area (Å²) >= 11 is 0. The lowest BCUT2D eigenvalue weighted by Gasteiger charge is -2.22. The van der Waals surface area contributed by atoms with Gasteiger partial charge in [0.05, 0.1) is 12.5 Å². The Bertz CT molecular complexity index is 206. The van der Waals surface area contributed by atoms with Gasteiger partial charge in [0.1, 0.15) is 12.2 Å². The summed E-state index contributed by atoms with van der Waals surface area (Å²) in [5.41, 5.74) is 0. The summed E-state index contributed by atoms with van der Waals surface area (Å²) in [7, 11) is -2.55. The molecule has 0 rings (SSSR count). The Kier molecular flexibility index (Phi) is 6.99. The minimum atomic E-state index is -2.55. The highest BCUT2D eigenvalue weighted by Gasteiger charge is 2.47. The van der Waals surface area contributed by atoms with Gasteiger partial charge in [-0.3, -0.25) is 0 Å². The summed E-state index contributed by atoms with van der Waals surface area (Å²) in [6.07, 6.45) is 0.625. The first-order chi connectivity index (χ1) is 6.95. The molecule has 0 amide bonds. The molecule has 0 fully saturated rings. The Morgan fingerprint density at radius 3 is 1.93 bits per heavy atom. The fourth-order valence-electron chi connectivity index (χ4n) is 1.06. The van der Waals surface area contributed by atoms with Gasteiger partial charge in [-0.05, 0) is 27.7 Å². The molecule has 0 aliphatic rings. The van der Waals surface area contributed by atoms with Crippen LogP contribution in [-0.2, 0) is 13.7 Å². The SMILES string of the molecule is CC(C)O[P+](CCC#N)(ON)OC(C)C. The van der Waals surface area contributed by atoms with Gasteiger partial charge in [-0.2, -0.15) is 20.2 Å². The topological polar surface area (TPSA) is 77.5 Å². The predicted octanol–water partition coefficient (Wildman–Crippen LogP) is 2.40. The summed E-state index contributed by atoms with van der Waals surface area (Å²) in [4.78, 5) is 0. The van der Waals surface area contributed by atoms with Gasteiger partial charge in [0.15, 0.2) is 6.16 Å². The Labute approximate surface area is 92.0 Å². The molecule has 0 aromatic rings. The van der Waals surface area contributed by atoms with Gasteiger partial charge in [-0.15, -0.1) is 0 Å². The molecule has 0 spiro atoms. The van der Waals surface area contributed by atoms with Crippen LogP contribution in [0.1, 0.15) is 34.1 Å². The minimum absolute atomic E-state index is 0.0423. The molecule has 15 heavy (non-hydrogen) atoms. The zero-order valence-electron chi connectivity index (χ0n) is 9.77. The molecule has 88 valence electrons. The van der Waals surface area contributed by atoms with Crippen molar-refractivity contribution in [2.75, 3.05) is 6.16 Å². The van der Waals surface area contributed by atoms with Crippen LogP contribution in [0.25, 0.3) is 0 Å². The molecule has 0 aromatic heterocycles. The average molecular weight is 235 g/mol. The summed E-state index contributed by atoms with van der Waals surface area (Å²) in [5.74, 6) is 5.24. The van der Waals surface area contributed by atoms with Crippen molar-refractivity contribution in [3.05, 3.63) is 0 Å². The molecule has 0 heterocycles. The van der Waals surface area contributed by atoms with E-state index in [9.17, 15) is 0 Å². The van der Waals surface area contributed by atoms with E-state index in [2.05, 4.69) is 0 Å². The van der Waals surface area contributed by atoms with Crippen molar-refractivity contribution in [1.82, 2.24) is 0 Å². The normalized spacial score (nSPS) is 12.1. The standard InChI is InChI=1S/C9H20N2O3P/c1-8(2)12-15(14-11,7-5-6-10)13-9(3)4/h8-9H,5,7,11H2,1-4H3/q+1. The molecular weight excluding hydrogens is 215 g/mol. The van der Waals surface area contributed by atoms with Gasteiger partial charge in [0.2, 0.25) is 0 Å². The lowest BCUT2D eigenvalue weighted by atomic mass is 10.5. The zero-order chi connectivity index (χ0) is 11.9. The smallest absolute Gasteiger partial charge is 0.198 e. The van der Waals surface area contributed by atoms with Crippen LogP contribution in [0.3, 0.4) is 0 Å². The molecule has 0 aromatic carbocycles. The van der Waals surface area contributed by atoms with Crippen molar-refractivity contribution < 1.29 is 13.7 Å². The lowest BCUT2D eigenvalue weighted by Crippen LogP contribution is -2.20. The number of nitriles is 1. The second-order valence-electron chi connectivity index (χ2n) is 3.66. The summed E-state index contributed by atoms with van der Waals surface area (Å²) in [6, 6.07) is 2.04. The summed E-state index contributed by atoms with van der Waals surface area (Å²) in [6.45, 7) is 7.52. The van der Waals surface area contributed by atoms with E-state index in [1.807, 2.05) is 33.8 Å². The van der Waals surface area contributed by atoms with Crippen LogP contribution in [0.4, 0.5) is 0 Å². The van der Waals surface area contributed by atoms with E-state index < -0.39 is 7.94 Å². The molecule has 0 unspecified atom stereocenters.